The Bertz CT molecular complexity index is 1220. The minimum absolute atomic E-state index is 0.0331. The van der Waals surface area contributed by atoms with Gasteiger partial charge in [0.15, 0.2) is 6.23 Å². The van der Waals surface area contributed by atoms with Crippen molar-refractivity contribution in [1.29, 1.82) is 0 Å². The van der Waals surface area contributed by atoms with Crippen molar-refractivity contribution in [3.05, 3.63) is 52.3 Å². The normalized spacial score (nSPS) is 24.7. The Morgan fingerprint density at radius 1 is 1.28 bits per heavy atom. The van der Waals surface area contributed by atoms with Crippen molar-refractivity contribution in [3.63, 3.8) is 0 Å². The number of nitrogens with two attached hydrogens (primary N) is 1. The highest BCUT2D eigenvalue weighted by Gasteiger charge is 2.39. The second-order valence-corrected chi connectivity index (χ2v) is 9.97. The van der Waals surface area contributed by atoms with Crippen LogP contribution in [-0.2, 0) is 22.1 Å². The van der Waals surface area contributed by atoms with Crippen LogP contribution in [0.4, 0.5) is 18.9 Å². The molecule has 3 aromatic rings. The molecule has 13 heteroatoms. The minimum Gasteiger partial charge on any atom is -0.380 e. The SMILES string of the molecule is Cn1ncc(NC(O)c2csc(-c3c(F)cc(C4(O)COC4)cc3F)n2)c1[C@@H]1CC[C@@H](N)[C@H](F)CO1. The van der Waals surface area contributed by atoms with Crippen LogP contribution in [0.5, 0.6) is 0 Å². The summed E-state index contributed by atoms with van der Waals surface area (Å²) >= 11 is 0.964. The van der Waals surface area contributed by atoms with Gasteiger partial charge in [0, 0.05) is 18.5 Å². The van der Waals surface area contributed by atoms with Crippen molar-refractivity contribution in [3.8, 4) is 10.6 Å². The number of benzene rings is 1. The zero-order valence-corrected chi connectivity index (χ0v) is 20.1. The van der Waals surface area contributed by atoms with Gasteiger partial charge in [-0.2, -0.15) is 5.10 Å². The van der Waals surface area contributed by atoms with Gasteiger partial charge in [-0.1, -0.05) is 0 Å². The van der Waals surface area contributed by atoms with Crippen LogP contribution in [0.1, 0.15) is 42.1 Å². The summed E-state index contributed by atoms with van der Waals surface area (Å²) in [5.74, 6) is -1.75. The number of rotatable bonds is 6. The first kappa shape index (κ1) is 25.1. The lowest BCUT2D eigenvalue weighted by molar-refractivity contribution is -0.184. The predicted molar refractivity (Wildman–Crippen MR) is 125 cm³/mol. The van der Waals surface area contributed by atoms with E-state index in [2.05, 4.69) is 15.4 Å². The van der Waals surface area contributed by atoms with E-state index in [1.165, 1.54) is 11.6 Å². The number of thiazole rings is 1. The van der Waals surface area contributed by atoms with E-state index in [1.54, 1.807) is 11.7 Å². The number of aliphatic hydroxyl groups is 2. The second kappa shape index (κ2) is 9.72. The number of halogens is 3. The van der Waals surface area contributed by atoms with Crippen molar-refractivity contribution in [2.24, 2.45) is 12.8 Å². The summed E-state index contributed by atoms with van der Waals surface area (Å²) in [4.78, 5) is 4.22. The van der Waals surface area contributed by atoms with Crippen molar-refractivity contribution in [2.45, 2.75) is 43.0 Å². The zero-order chi connectivity index (χ0) is 25.6. The van der Waals surface area contributed by atoms with Crippen LogP contribution in [-0.4, -0.2) is 57.0 Å². The van der Waals surface area contributed by atoms with Gasteiger partial charge in [0.25, 0.3) is 0 Å². The van der Waals surface area contributed by atoms with Crippen LogP contribution < -0.4 is 11.1 Å². The molecule has 194 valence electrons. The Morgan fingerprint density at radius 2 is 2.00 bits per heavy atom. The van der Waals surface area contributed by atoms with Crippen molar-refractivity contribution < 1.29 is 32.9 Å². The average molecular weight is 526 g/mol. The number of alkyl halides is 1. The number of aromatic nitrogens is 3. The molecule has 0 saturated carbocycles. The molecule has 4 heterocycles. The van der Waals surface area contributed by atoms with Crippen molar-refractivity contribution in [2.75, 3.05) is 25.1 Å². The molecule has 1 unspecified atom stereocenters. The van der Waals surface area contributed by atoms with Crippen LogP contribution in [0.25, 0.3) is 10.6 Å². The van der Waals surface area contributed by atoms with Crippen LogP contribution in [0.3, 0.4) is 0 Å². The number of hydrogen-bond acceptors (Lipinski definition) is 9. The molecule has 36 heavy (non-hydrogen) atoms. The fraction of sp³-hybridized carbons (Fsp3) is 0.478. The molecule has 5 N–H and O–H groups in total. The Balaban J connectivity index is 1.35. The highest BCUT2D eigenvalue weighted by Crippen LogP contribution is 2.37. The molecule has 2 aliphatic rings. The molecular formula is C23H26F3N5O4S. The molecule has 0 spiro atoms. The number of ether oxygens (including phenoxy) is 2. The van der Waals surface area contributed by atoms with E-state index in [0.29, 0.717) is 24.2 Å². The van der Waals surface area contributed by atoms with Gasteiger partial charge in [-0.15, -0.1) is 11.3 Å². The number of nitrogens with one attached hydrogen (secondary N) is 1. The van der Waals surface area contributed by atoms with Gasteiger partial charge in [0.2, 0.25) is 0 Å². The second-order valence-electron chi connectivity index (χ2n) is 9.11. The predicted octanol–water partition coefficient (Wildman–Crippen LogP) is 2.66. The van der Waals surface area contributed by atoms with Gasteiger partial charge in [-0.25, -0.2) is 18.2 Å². The van der Waals surface area contributed by atoms with Crippen molar-refractivity contribution >= 4 is 17.0 Å². The van der Waals surface area contributed by atoms with E-state index in [0.717, 1.165) is 23.5 Å². The lowest BCUT2D eigenvalue weighted by Gasteiger charge is -2.36. The Labute approximate surface area is 208 Å². The summed E-state index contributed by atoms with van der Waals surface area (Å²) in [5, 5.41) is 29.7. The van der Waals surface area contributed by atoms with Gasteiger partial charge in [-0.3, -0.25) is 4.68 Å². The molecule has 2 saturated heterocycles. The topological polar surface area (TPSA) is 128 Å². The largest absolute Gasteiger partial charge is 0.380 e. The molecule has 0 amide bonds. The van der Waals surface area contributed by atoms with Crippen LogP contribution in [0.15, 0.2) is 23.7 Å². The standard InChI is InChI=1S/C23H26F3N5O4S/c1-31-20(18-3-2-15(27)14(26)7-35-18)16(6-28-31)29-21(32)17-8-36-22(30-17)19-12(24)4-11(5-13(19)25)23(33)9-34-10-23/h4-6,8,14-15,18,21,29,32-33H,2-3,7,9-10,27H2,1H3/t14-,15-,18+,21?/m1/s1. The number of aliphatic hydroxyl groups excluding tert-OH is 1. The van der Waals surface area contributed by atoms with E-state index < -0.39 is 41.8 Å². The lowest BCUT2D eigenvalue weighted by atomic mass is 9.91. The number of aryl methyl sites for hydroxylation is 1. The summed E-state index contributed by atoms with van der Waals surface area (Å²) in [6.07, 6.45) is -0.670. The molecular weight excluding hydrogens is 499 g/mol. The molecule has 1 aromatic carbocycles. The maximum Gasteiger partial charge on any atom is 0.169 e. The van der Waals surface area contributed by atoms with Crippen LogP contribution >= 0.6 is 11.3 Å². The van der Waals surface area contributed by atoms with Gasteiger partial charge < -0.3 is 30.7 Å². The Morgan fingerprint density at radius 3 is 2.67 bits per heavy atom. The highest BCUT2D eigenvalue weighted by molar-refractivity contribution is 7.13. The van der Waals surface area contributed by atoms with Gasteiger partial charge in [0.05, 0.1) is 43.0 Å². The molecule has 2 aromatic heterocycles. The van der Waals surface area contributed by atoms with E-state index >= 15 is 0 Å². The number of nitrogens with zero attached hydrogens (tertiary/aromatic N) is 3. The smallest absolute Gasteiger partial charge is 0.169 e. The quantitative estimate of drug-likeness (QED) is 0.362. The third-order valence-corrected chi connectivity index (χ3v) is 7.42. The fourth-order valence-corrected chi connectivity index (χ4v) is 5.24. The fourth-order valence-electron chi connectivity index (χ4n) is 4.35. The monoisotopic (exact) mass is 525 g/mol. The third-order valence-electron chi connectivity index (χ3n) is 6.54. The molecule has 0 bridgehead atoms. The van der Waals surface area contributed by atoms with Gasteiger partial charge >= 0.3 is 0 Å². The first-order valence-corrected chi connectivity index (χ1v) is 12.3. The third kappa shape index (κ3) is 4.62. The summed E-state index contributed by atoms with van der Waals surface area (Å²) in [6, 6.07) is 1.52. The summed E-state index contributed by atoms with van der Waals surface area (Å²) in [7, 11) is 1.70. The molecule has 2 fully saturated rings. The highest BCUT2D eigenvalue weighted by atomic mass is 32.1. The number of anilines is 1. The van der Waals surface area contributed by atoms with E-state index in [4.69, 9.17) is 15.2 Å². The summed E-state index contributed by atoms with van der Waals surface area (Å²) in [5.41, 5.74) is 5.36. The number of hydrogen-bond donors (Lipinski definition) is 4. The Hall–Kier alpha value is -2.55. The van der Waals surface area contributed by atoms with Crippen LogP contribution in [0.2, 0.25) is 0 Å². The van der Waals surface area contributed by atoms with E-state index in [-0.39, 0.29) is 41.6 Å². The first-order valence-electron chi connectivity index (χ1n) is 11.4. The molecule has 0 aliphatic carbocycles. The maximum absolute atomic E-state index is 14.8. The molecule has 2 aliphatic heterocycles. The van der Waals surface area contributed by atoms with Gasteiger partial charge in [0.1, 0.15) is 40.2 Å². The summed E-state index contributed by atoms with van der Waals surface area (Å²) < 4.78 is 55.9. The first-order chi connectivity index (χ1) is 17.2. The molecule has 9 nitrogen and oxygen atoms in total. The minimum atomic E-state index is -1.41. The Kier molecular flexibility index (Phi) is 6.78. The van der Waals surface area contributed by atoms with Gasteiger partial charge in [-0.05, 0) is 30.5 Å². The van der Waals surface area contributed by atoms with E-state index in [1.807, 2.05) is 0 Å². The van der Waals surface area contributed by atoms with Crippen LogP contribution in [0, 0.1) is 11.6 Å². The van der Waals surface area contributed by atoms with Crippen molar-refractivity contribution in [1.82, 2.24) is 14.8 Å². The summed E-state index contributed by atoms with van der Waals surface area (Å²) in [6.45, 7) is -0.212. The maximum atomic E-state index is 14.8. The average Bonchev–Trinajstić information content (AvgIpc) is 3.40. The van der Waals surface area contributed by atoms with E-state index in [9.17, 15) is 23.4 Å². The zero-order valence-electron chi connectivity index (χ0n) is 19.3. The lowest BCUT2D eigenvalue weighted by Crippen LogP contribution is -2.46. The molecule has 0 radical (unpaired) electrons. The molecule has 5 rings (SSSR count). The molecule has 4 atom stereocenters.